The Kier molecular flexibility index (Phi) is 3.62. The Labute approximate surface area is 128 Å². The lowest BCUT2D eigenvalue weighted by Crippen LogP contribution is -2.13. The van der Waals surface area contributed by atoms with E-state index < -0.39 is 16.0 Å². The van der Waals surface area contributed by atoms with Crippen molar-refractivity contribution in [1.82, 2.24) is 0 Å². The van der Waals surface area contributed by atoms with Gasteiger partial charge in [0.1, 0.15) is 10.6 Å². The molecule has 6 heteroatoms. The van der Waals surface area contributed by atoms with E-state index >= 15 is 0 Å². The smallest absolute Gasteiger partial charge is 0.339 e. The fourth-order valence-electron chi connectivity index (χ4n) is 2.58. The summed E-state index contributed by atoms with van der Waals surface area (Å²) in [5.41, 5.74) is 7.61. The Morgan fingerprint density at radius 1 is 1.05 bits per heavy atom. The van der Waals surface area contributed by atoms with Gasteiger partial charge in [0.2, 0.25) is 5.91 Å². The zero-order valence-electron chi connectivity index (χ0n) is 11.8. The SMILES string of the molecule is NC(=O)c1cccc(OS(=O)(=O)c2ccc3c(c2)CCC3)c1. The van der Waals surface area contributed by atoms with Crippen molar-refractivity contribution in [3.8, 4) is 5.75 Å². The molecule has 2 aromatic carbocycles. The molecule has 0 heterocycles. The molecule has 0 unspecified atom stereocenters. The summed E-state index contributed by atoms with van der Waals surface area (Å²) in [6, 6.07) is 10.8. The molecule has 0 atom stereocenters. The molecule has 0 aliphatic heterocycles. The van der Waals surface area contributed by atoms with E-state index in [0.717, 1.165) is 24.8 Å². The lowest BCUT2D eigenvalue weighted by molar-refractivity contribution is 0.1000. The van der Waals surface area contributed by atoms with E-state index in [-0.39, 0.29) is 16.2 Å². The number of nitrogens with two attached hydrogens (primary N) is 1. The fourth-order valence-corrected chi connectivity index (χ4v) is 3.55. The minimum Gasteiger partial charge on any atom is -0.379 e. The third kappa shape index (κ3) is 2.82. The number of rotatable bonds is 4. The molecule has 2 N–H and O–H groups in total. The maximum absolute atomic E-state index is 12.3. The second kappa shape index (κ2) is 5.46. The van der Waals surface area contributed by atoms with E-state index in [0.29, 0.717) is 0 Å². The predicted molar refractivity (Wildman–Crippen MR) is 81.2 cm³/mol. The first-order valence-corrected chi connectivity index (χ1v) is 8.33. The highest BCUT2D eigenvalue weighted by molar-refractivity contribution is 7.87. The number of hydrogen-bond acceptors (Lipinski definition) is 4. The van der Waals surface area contributed by atoms with Crippen LogP contribution in [0.4, 0.5) is 0 Å². The molecule has 0 radical (unpaired) electrons. The van der Waals surface area contributed by atoms with E-state index in [1.54, 1.807) is 12.1 Å². The summed E-state index contributed by atoms with van der Waals surface area (Å²) in [7, 11) is -3.93. The van der Waals surface area contributed by atoms with E-state index in [4.69, 9.17) is 9.92 Å². The second-order valence-electron chi connectivity index (χ2n) is 5.21. The summed E-state index contributed by atoms with van der Waals surface area (Å²) in [5.74, 6) is -0.572. The Balaban J connectivity index is 1.90. The molecule has 0 fully saturated rings. The molecule has 2 aromatic rings. The van der Waals surface area contributed by atoms with Gasteiger partial charge >= 0.3 is 10.1 Å². The van der Waals surface area contributed by atoms with Crippen molar-refractivity contribution >= 4 is 16.0 Å². The average molecular weight is 317 g/mol. The van der Waals surface area contributed by atoms with E-state index in [9.17, 15) is 13.2 Å². The maximum atomic E-state index is 12.3. The molecule has 0 bridgehead atoms. The van der Waals surface area contributed by atoms with E-state index in [1.165, 1.54) is 29.8 Å². The number of benzene rings is 2. The summed E-state index contributed by atoms with van der Waals surface area (Å²) >= 11 is 0. The Bertz CT molecular complexity index is 843. The summed E-state index contributed by atoms with van der Waals surface area (Å²) < 4.78 is 29.8. The van der Waals surface area contributed by atoms with E-state index in [2.05, 4.69) is 0 Å². The van der Waals surface area contributed by atoms with Crippen molar-refractivity contribution in [2.75, 3.05) is 0 Å². The third-order valence-electron chi connectivity index (χ3n) is 3.68. The minimum atomic E-state index is -3.93. The summed E-state index contributed by atoms with van der Waals surface area (Å²) in [5, 5.41) is 0. The van der Waals surface area contributed by atoms with Crippen molar-refractivity contribution in [2.45, 2.75) is 24.2 Å². The maximum Gasteiger partial charge on any atom is 0.339 e. The Morgan fingerprint density at radius 2 is 1.82 bits per heavy atom. The highest BCUT2D eigenvalue weighted by Crippen LogP contribution is 2.26. The number of primary amides is 1. The standard InChI is InChI=1S/C16H15NO4S/c17-16(18)13-5-2-6-14(9-13)21-22(19,20)15-8-7-11-3-1-4-12(11)10-15/h2,5-10H,1,3-4H2,(H2,17,18). The first kappa shape index (κ1) is 14.6. The molecule has 1 aliphatic carbocycles. The normalized spacial score (nSPS) is 13.6. The van der Waals surface area contributed by atoms with Gasteiger partial charge in [0.15, 0.2) is 0 Å². The van der Waals surface area contributed by atoms with Gasteiger partial charge in [0.05, 0.1) is 0 Å². The Hall–Kier alpha value is -2.34. The lowest BCUT2D eigenvalue weighted by atomic mass is 10.1. The van der Waals surface area contributed by atoms with Crippen LogP contribution in [-0.4, -0.2) is 14.3 Å². The molecule has 0 saturated carbocycles. The van der Waals surface area contributed by atoms with Gasteiger partial charge in [-0.3, -0.25) is 4.79 Å². The van der Waals surface area contributed by atoms with Crippen LogP contribution in [0.1, 0.15) is 27.9 Å². The zero-order chi connectivity index (χ0) is 15.7. The molecule has 0 saturated heterocycles. The number of hydrogen-bond donors (Lipinski definition) is 1. The molecule has 114 valence electrons. The summed E-state index contributed by atoms with van der Waals surface area (Å²) in [6.45, 7) is 0. The van der Waals surface area contributed by atoms with Crippen LogP contribution < -0.4 is 9.92 Å². The average Bonchev–Trinajstić information content (AvgIpc) is 2.94. The first-order chi connectivity index (χ1) is 10.5. The van der Waals surface area contributed by atoms with Gasteiger partial charge in [-0.1, -0.05) is 12.1 Å². The molecule has 5 nitrogen and oxygen atoms in total. The van der Waals surface area contributed by atoms with Crippen molar-refractivity contribution in [3.05, 3.63) is 59.2 Å². The minimum absolute atomic E-state index is 0.0665. The molecule has 3 rings (SSSR count). The number of aryl methyl sites for hydroxylation is 2. The van der Waals surface area contributed by atoms with Gasteiger partial charge in [-0.2, -0.15) is 8.42 Å². The van der Waals surface area contributed by atoms with Crippen LogP contribution >= 0.6 is 0 Å². The van der Waals surface area contributed by atoms with Gasteiger partial charge in [-0.15, -0.1) is 0 Å². The molecule has 22 heavy (non-hydrogen) atoms. The zero-order valence-corrected chi connectivity index (χ0v) is 12.6. The second-order valence-corrected chi connectivity index (χ2v) is 6.76. The van der Waals surface area contributed by atoms with Gasteiger partial charge in [-0.05, 0) is 60.7 Å². The molecule has 1 amide bonds. The van der Waals surface area contributed by atoms with Crippen molar-refractivity contribution < 1.29 is 17.4 Å². The van der Waals surface area contributed by atoms with Crippen LogP contribution in [-0.2, 0) is 23.0 Å². The predicted octanol–water partition coefficient (Wildman–Crippen LogP) is 2.04. The fraction of sp³-hybridized carbons (Fsp3) is 0.188. The van der Waals surface area contributed by atoms with Crippen LogP contribution in [0, 0.1) is 0 Å². The third-order valence-corrected chi connectivity index (χ3v) is 4.93. The van der Waals surface area contributed by atoms with Gasteiger partial charge in [0, 0.05) is 5.56 Å². The first-order valence-electron chi connectivity index (χ1n) is 6.92. The number of amides is 1. The largest absolute Gasteiger partial charge is 0.379 e. The molecular weight excluding hydrogens is 302 g/mol. The van der Waals surface area contributed by atoms with Crippen molar-refractivity contribution in [2.24, 2.45) is 5.73 Å². The topological polar surface area (TPSA) is 86.5 Å². The highest BCUT2D eigenvalue weighted by Gasteiger charge is 2.20. The Morgan fingerprint density at radius 3 is 2.59 bits per heavy atom. The van der Waals surface area contributed by atoms with Gasteiger partial charge in [0.25, 0.3) is 0 Å². The van der Waals surface area contributed by atoms with Crippen LogP contribution in [0.3, 0.4) is 0 Å². The number of fused-ring (bicyclic) bond motifs is 1. The van der Waals surface area contributed by atoms with Crippen LogP contribution in [0.2, 0.25) is 0 Å². The number of carbonyl (C=O) groups is 1. The highest BCUT2D eigenvalue weighted by atomic mass is 32.2. The van der Waals surface area contributed by atoms with Crippen LogP contribution in [0.15, 0.2) is 47.4 Å². The van der Waals surface area contributed by atoms with Crippen molar-refractivity contribution in [3.63, 3.8) is 0 Å². The summed E-state index contributed by atoms with van der Waals surface area (Å²) in [4.78, 5) is 11.3. The molecule has 0 spiro atoms. The summed E-state index contributed by atoms with van der Waals surface area (Å²) in [6.07, 6.45) is 2.91. The monoisotopic (exact) mass is 317 g/mol. The van der Waals surface area contributed by atoms with Crippen molar-refractivity contribution in [1.29, 1.82) is 0 Å². The van der Waals surface area contributed by atoms with Gasteiger partial charge in [-0.25, -0.2) is 0 Å². The quantitative estimate of drug-likeness (QED) is 0.874. The molecular formula is C16H15NO4S. The molecule has 0 aromatic heterocycles. The van der Waals surface area contributed by atoms with Gasteiger partial charge < -0.3 is 9.92 Å². The lowest BCUT2D eigenvalue weighted by Gasteiger charge is -2.09. The van der Waals surface area contributed by atoms with Crippen LogP contribution in [0.5, 0.6) is 5.75 Å². The van der Waals surface area contributed by atoms with E-state index in [1.807, 2.05) is 6.07 Å². The van der Waals surface area contributed by atoms with Crippen LogP contribution in [0.25, 0.3) is 0 Å². The number of carbonyl (C=O) groups excluding carboxylic acids is 1. The molecule has 1 aliphatic rings.